The molecule has 0 saturated carbocycles. The van der Waals surface area contributed by atoms with E-state index in [0.29, 0.717) is 6.54 Å². The largest absolute Gasteiger partial charge is 0.360 e. The Morgan fingerprint density at radius 3 is 2.47 bits per heavy atom. The summed E-state index contributed by atoms with van der Waals surface area (Å²) in [6.07, 6.45) is 2.08. The summed E-state index contributed by atoms with van der Waals surface area (Å²) in [7, 11) is 2.28. The molecule has 0 aliphatic rings. The fraction of sp³-hybridized carbons (Fsp3) is 0.571. The highest BCUT2D eigenvalue weighted by atomic mass is 28.3. The molecule has 1 rings (SSSR count). The van der Waals surface area contributed by atoms with E-state index in [1.54, 1.807) is 14.2 Å². The first kappa shape index (κ1) is 16.3. The molecule has 3 N–H and O–H groups in total. The van der Waals surface area contributed by atoms with Crippen LogP contribution in [-0.4, -0.2) is 48.2 Å². The Hall–Kier alpha value is -0.723. The molecular weight excluding hydrogens is 256 g/mol. The van der Waals surface area contributed by atoms with Crippen LogP contribution in [0.25, 0.3) is 0 Å². The van der Waals surface area contributed by atoms with E-state index in [-0.39, 0.29) is 5.91 Å². The lowest BCUT2D eigenvalue weighted by Crippen LogP contribution is -2.44. The fourth-order valence-electron chi connectivity index (χ4n) is 2.20. The van der Waals surface area contributed by atoms with Crippen molar-refractivity contribution in [1.29, 1.82) is 0 Å². The minimum absolute atomic E-state index is 0.0333. The average Bonchev–Trinajstić information content (AvgIpc) is 2.46. The zero-order valence-corrected chi connectivity index (χ0v) is 13.1. The molecule has 0 bridgehead atoms. The Labute approximate surface area is 117 Å². The van der Waals surface area contributed by atoms with Crippen LogP contribution < -0.4 is 11.1 Å². The van der Waals surface area contributed by atoms with Gasteiger partial charge in [-0.1, -0.05) is 36.4 Å². The second-order valence-corrected chi connectivity index (χ2v) is 7.67. The molecule has 1 unspecified atom stereocenters. The smallest absolute Gasteiger partial charge is 0.138 e. The maximum absolute atomic E-state index is 5.51. The van der Waals surface area contributed by atoms with Gasteiger partial charge in [0.2, 0.25) is 0 Å². The van der Waals surface area contributed by atoms with Crippen LogP contribution in [0.2, 0.25) is 6.04 Å². The van der Waals surface area contributed by atoms with Crippen LogP contribution in [-0.2, 0) is 15.9 Å². The molecule has 108 valence electrons. The molecular formula is C14H26N2O2Si. The maximum atomic E-state index is 5.51. The topological polar surface area (TPSA) is 56.5 Å². The van der Waals surface area contributed by atoms with Crippen LogP contribution in [0.4, 0.5) is 0 Å². The molecule has 4 nitrogen and oxygen atoms in total. The van der Waals surface area contributed by atoms with Gasteiger partial charge in [0, 0.05) is 27.3 Å². The van der Waals surface area contributed by atoms with Gasteiger partial charge in [-0.25, -0.2) is 0 Å². The van der Waals surface area contributed by atoms with Crippen molar-refractivity contribution in [3.63, 3.8) is 0 Å². The Morgan fingerprint density at radius 2 is 1.89 bits per heavy atom. The number of nitrogens with two attached hydrogens (primary N) is 1. The highest BCUT2D eigenvalue weighted by Crippen LogP contribution is 2.09. The quantitative estimate of drug-likeness (QED) is 0.377. The summed E-state index contributed by atoms with van der Waals surface area (Å²) in [5.41, 5.74) is 6.89. The lowest BCUT2D eigenvalue weighted by atomic mass is 10.2. The van der Waals surface area contributed by atoms with Gasteiger partial charge in [0.25, 0.3) is 0 Å². The molecule has 0 radical (unpaired) electrons. The molecule has 0 fully saturated rings. The minimum Gasteiger partial charge on any atom is -0.360 e. The van der Waals surface area contributed by atoms with Gasteiger partial charge in [-0.05, 0) is 18.2 Å². The van der Waals surface area contributed by atoms with Crippen molar-refractivity contribution in [3.05, 3.63) is 35.9 Å². The van der Waals surface area contributed by atoms with Crippen molar-refractivity contribution in [2.75, 3.05) is 33.5 Å². The van der Waals surface area contributed by atoms with Gasteiger partial charge in [-0.2, -0.15) is 0 Å². The Kier molecular flexibility index (Phi) is 8.69. The van der Waals surface area contributed by atoms with Crippen molar-refractivity contribution in [1.82, 2.24) is 5.32 Å². The molecule has 0 aromatic heterocycles. The van der Waals surface area contributed by atoms with Gasteiger partial charge in [-0.15, -0.1) is 0 Å². The summed E-state index contributed by atoms with van der Waals surface area (Å²) < 4.78 is 10.9. The monoisotopic (exact) mass is 282 g/mol. The molecule has 0 spiro atoms. The number of hydrogen-bond donors (Lipinski definition) is 2. The van der Waals surface area contributed by atoms with Gasteiger partial charge in [0.05, 0.1) is 0 Å². The van der Waals surface area contributed by atoms with Crippen molar-refractivity contribution in [2.24, 2.45) is 5.73 Å². The van der Waals surface area contributed by atoms with Gasteiger partial charge >= 0.3 is 0 Å². The predicted molar refractivity (Wildman–Crippen MR) is 81.8 cm³/mol. The molecule has 0 amide bonds. The summed E-state index contributed by atoms with van der Waals surface area (Å²) in [5, 5.41) is 3.40. The minimum atomic E-state index is -1.16. The predicted octanol–water partition coefficient (Wildman–Crippen LogP) is 0.702. The molecule has 1 atom stereocenters. The standard InChI is InChI=1S/C14H26N2O2Si/c1-17-14(18-2)19(12-16-10-9-15)11-8-13-6-4-3-5-7-13/h3-7,14,16,19H,8-12,15H2,1-2H3. The van der Waals surface area contributed by atoms with Crippen molar-refractivity contribution >= 4 is 8.80 Å². The van der Waals surface area contributed by atoms with E-state index in [4.69, 9.17) is 15.2 Å². The number of nitrogens with one attached hydrogen (secondary N) is 1. The van der Waals surface area contributed by atoms with E-state index in [9.17, 15) is 0 Å². The van der Waals surface area contributed by atoms with E-state index in [1.165, 1.54) is 5.56 Å². The third-order valence-corrected chi connectivity index (χ3v) is 6.38. The van der Waals surface area contributed by atoms with Crippen LogP contribution >= 0.6 is 0 Å². The van der Waals surface area contributed by atoms with Gasteiger partial charge in [0.1, 0.15) is 14.7 Å². The molecule has 0 aliphatic carbocycles. The molecule has 1 aromatic rings. The molecule has 5 heteroatoms. The van der Waals surface area contributed by atoms with Crippen LogP contribution in [0.5, 0.6) is 0 Å². The van der Waals surface area contributed by atoms with Gasteiger partial charge in [-0.3, -0.25) is 0 Å². The Morgan fingerprint density at radius 1 is 1.21 bits per heavy atom. The summed E-state index contributed by atoms with van der Waals surface area (Å²) in [4.78, 5) is 0. The SMILES string of the molecule is COC(OC)[SiH](CCc1ccccc1)CNCCN. The van der Waals surface area contributed by atoms with Crippen molar-refractivity contribution < 1.29 is 9.47 Å². The first-order valence-corrected chi connectivity index (χ1v) is 9.12. The number of ether oxygens (including phenoxy) is 2. The number of methoxy groups -OCH3 is 2. The Balaban J connectivity index is 2.47. The van der Waals surface area contributed by atoms with E-state index < -0.39 is 8.80 Å². The van der Waals surface area contributed by atoms with E-state index in [1.807, 2.05) is 6.07 Å². The first-order valence-electron chi connectivity index (χ1n) is 6.82. The molecule has 19 heavy (non-hydrogen) atoms. The molecule has 0 heterocycles. The Bertz CT molecular complexity index is 320. The second-order valence-electron chi connectivity index (χ2n) is 4.62. The normalized spacial score (nSPS) is 12.8. The van der Waals surface area contributed by atoms with Crippen LogP contribution in [0.3, 0.4) is 0 Å². The lowest BCUT2D eigenvalue weighted by Gasteiger charge is -2.23. The molecule has 0 saturated heterocycles. The van der Waals surface area contributed by atoms with Gasteiger partial charge in [0.15, 0.2) is 0 Å². The summed E-state index contributed by atoms with van der Waals surface area (Å²) in [6.45, 7) is 1.53. The van der Waals surface area contributed by atoms with Crippen LogP contribution in [0, 0.1) is 0 Å². The summed E-state index contributed by atoms with van der Waals surface area (Å²) in [5.74, 6) is -0.0333. The third kappa shape index (κ3) is 6.31. The number of aryl methyl sites for hydroxylation is 1. The molecule has 0 aliphatic heterocycles. The van der Waals surface area contributed by atoms with E-state index in [0.717, 1.165) is 25.2 Å². The fourth-order valence-corrected chi connectivity index (χ4v) is 4.92. The van der Waals surface area contributed by atoms with E-state index >= 15 is 0 Å². The zero-order valence-electron chi connectivity index (χ0n) is 12.0. The summed E-state index contributed by atoms with van der Waals surface area (Å²) >= 11 is 0. The lowest BCUT2D eigenvalue weighted by molar-refractivity contribution is -0.0476. The van der Waals surface area contributed by atoms with Crippen LogP contribution in [0.15, 0.2) is 30.3 Å². The highest BCUT2D eigenvalue weighted by molar-refractivity contribution is 6.60. The van der Waals surface area contributed by atoms with Crippen molar-refractivity contribution in [3.8, 4) is 0 Å². The number of hydrogen-bond acceptors (Lipinski definition) is 4. The first-order chi connectivity index (χ1) is 9.31. The average molecular weight is 282 g/mol. The zero-order chi connectivity index (χ0) is 13.9. The van der Waals surface area contributed by atoms with Gasteiger partial charge < -0.3 is 20.5 Å². The highest BCUT2D eigenvalue weighted by Gasteiger charge is 2.22. The molecule has 1 aromatic carbocycles. The summed E-state index contributed by atoms with van der Waals surface area (Å²) in [6, 6.07) is 11.7. The van der Waals surface area contributed by atoms with E-state index in [2.05, 4.69) is 29.6 Å². The third-order valence-electron chi connectivity index (χ3n) is 3.22. The number of benzene rings is 1. The van der Waals surface area contributed by atoms with Crippen molar-refractivity contribution in [2.45, 2.75) is 18.4 Å². The second kappa shape index (κ2) is 10.1. The van der Waals surface area contributed by atoms with Crippen LogP contribution in [0.1, 0.15) is 5.56 Å². The number of rotatable bonds is 10. The maximum Gasteiger partial charge on any atom is 0.138 e.